The zero-order chi connectivity index (χ0) is 21.9. The van der Waals surface area contributed by atoms with E-state index in [-0.39, 0.29) is 11.9 Å². The van der Waals surface area contributed by atoms with E-state index < -0.39 is 0 Å². The molecular weight excluding hydrogens is 392 g/mol. The monoisotopic (exact) mass is 426 g/mol. The predicted octanol–water partition coefficient (Wildman–Crippen LogP) is 3.09. The molecule has 2 aromatic rings. The smallest absolute Gasteiger partial charge is 0.227 e. The molecule has 1 fully saturated rings. The lowest BCUT2D eigenvalue weighted by atomic mass is 10.1. The number of amides is 1. The number of piperidine rings is 1. The molecule has 8 heteroatoms. The number of aromatic nitrogens is 1. The molecular formula is C23H34N6O2. The number of pyridine rings is 1. The Labute approximate surface area is 184 Å². The minimum Gasteiger partial charge on any atom is -0.468 e. The van der Waals surface area contributed by atoms with Crippen molar-refractivity contribution in [3.05, 3.63) is 48.0 Å². The van der Waals surface area contributed by atoms with Gasteiger partial charge in [-0.1, -0.05) is 12.5 Å². The third kappa shape index (κ3) is 7.40. The molecule has 1 amide bonds. The van der Waals surface area contributed by atoms with Crippen LogP contribution in [-0.4, -0.2) is 54.5 Å². The van der Waals surface area contributed by atoms with Gasteiger partial charge in [0.1, 0.15) is 11.6 Å². The number of aliphatic imine (C=N–C) groups is 1. The molecule has 1 aliphatic heterocycles. The zero-order valence-electron chi connectivity index (χ0n) is 18.6. The van der Waals surface area contributed by atoms with Gasteiger partial charge in [-0.3, -0.25) is 14.7 Å². The van der Waals surface area contributed by atoms with Gasteiger partial charge in [0.05, 0.1) is 18.8 Å². The number of likely N-dealkylation sites (tertiary alicyclic amines) is 1. The number of furan rings is 1. The van der Waals surface area contributed by atoms with Crippen molar-refractivity contribution in [3.63, 3.8) is 0 Å². The third-order valence-corrected chi connectivity index (χ3v) is 5.27. The number of carbonyl (C=O) groups excluding carboxylic acids is 1. The molecule has 168 valence electrons. The van der Waals surface area contributed by atoms with E-state index in [9.17, 15) is 4.79 Å². The van der Waals surface area contributed by atoms with Crippen molar-refractivity contribution in [2.24, 2.45) is 4.99 Å². The Hall–Kier alpha value is -2.87. The molecule has 3 rings (SSSR count). The Kier molecular flexibility index (Phi) is 8.90. The van der Waals surface area contributed by atoms with Crippen LogP contribution in [0.15, 0.2) is 46.0 Å². The van der Waals surface area contributed by atoms with E-state index in [2.05, 4.69) is 25.8 Å². The van der Waals surface area contributed by atoms with Crippen LogP contribution in [0.1, 0.15) is 50.1 Å². The Morgan fingerprint density at radius 1 is 1.19 bits per heavy atom. The summed E-state index contributed by atoms with van der Waals surface area (Å²) in [4.78, 5) is 23.8. The second-order valence-corrected chi connectivity index (χ2v) is 7.74. The Morgan fingerprint density at radius 3 is 2.74 bits per heavy atom. The summed E-state index contributed by atoms with van der Waals surface area (Å²) in [6.07, 6.45) is 5.76. The lowest BCUT2D eigenvalue weighted by Gasteiger charge is -2.32. The van der Waals surface area contributed by atoms with Crippen molar-refractivity contribution in [3.8, 4) is 0 Å². The molecule has 1 atom stereocenters. The van der Waals surface area contributed by atoms with Crippen LogP contribution in [-0.2, 0) is 4.79 Å². The number of carbonyl (C=O) groups is 1. The largest absolute Gasteiger partial charge is 0.468 e. The molecule has 8 nitrogen and oxygen atoms in total. The number of guanidine groups is 1. The lowest BCUT2D eigenvalue weighted by molar-refractivity contribution is -0.116. The van der Waals surface area contributed by atoms with E-state index in [1.807, 2.05) is 38.1 Å². The highest BCUT2D eigenvalue weighted by atomic mass is 16.3. The highest BCUT2D eigenvalue weighted by Crippen LogP contribution is 2.25. The van der Waals surface area contributed by atoms with Gasteiger partial charge in [-0.15, -0.1) is 0 Å². The molecule has 1 saturated heterocycles. The fourth-order valence-electron chi connectivity index (χ4n) is 3.73. The van der Waals surface area contributed by atoms with Crippen LogP contribution in [0, 0.1) is 6.92 Å². The Morgan fingerprint density at radius 2 is 2.03 bits per heavy atom. The third-order valence-electron chi connectivity index (χ3n) is 5.27. The average molecular weight is 427 g/mol. The molecule has 0 aliphatic carbocycles. The predicted molar refractivity (Wildman–Crippen MR) is 123 cm³/mol. The fourth-order valence-corrected chi connectivity index (χ4v) is 3.73. The minimum absolute atomic E-state index is 0.0803. The summed E-state index contributed by atoms with van der Waals surface area (Å²) >= 11 is 0. The number of hydrogen-bond acceptors (Lipinski definition) is 5. The first-order valence-electron chi connectivity index (χ1n) is 11.2. The first-order chi connectivity index (χ1) is 15.2. The van der Waals surface area contributed by atoms with Gasteiger partial charge in [0, 0.05) is 25.2 Å². The second kappa shape index (κ2) is 12.1. The van der Waals surface area contributed by atoms with E-state index >= 15 is 0 Å². The van der Waals surface area contributed by atoms with Gasteiger partial charge in [0.15, 0.2) is 5.96 Å². The number of nitrogens with one attached hydrogen (secondary N) is 3. The lowest BCUT2D eigenvalue weighted by Crippen LogP contribution is -2.40. The molecule has 1 unspecified atom stereocenters. The van der Waals surface area contributed by atoms with Crippen LogP contribution < -0.4 is 16.0 Å². The van der Waals surface area contributed by atoms with Gasteiger partial charge in [0.25, 0.3) is 0 Å². The van der Waals surface area contributed by atoms with Crippen LogP contribution in [0.3, 0.4) is 0 Å². The van der Waals surface area contributed by atoms with Gasteiger partial charge in [-0.25, -0.2) is 4.98 Å². The molecule has 0 spiro atoms. The molecule has 1 aliphatic rings. The minimum atomic E-state index is -0.0803. The first-order valence-corrected chi connectivity index (χ1v) is 11.2. The summed E-state index contributed by atoms with van der Waals surface area (Å²) in [5.74, 6) is 2.15. The van der Waals surface area contributed by atoms with Gasteiger partial charge in [-0.05, 0) is 64.0 Å². The molecule has 2 aromatic heterocycles. The van der Waals surface area contributed by atoms with Gasteiger partial charge >= 0.3 is 0 Å². The summed E-state index contributed by atoms with van der Waals surface area (Å²) in [5, 5.41) is 9.35. The van der Waals surface area contributed by atoms with Crippen molar-refractivity contribution in [1.29, 1.82) is 0 Å². The van der Waals surface area contributed by atoms with Crippen molar-refractivity contribution in [2.75, 3.05) is 38.0 Å². The summed E-state index contributed by atoms with van der Waals surface area (Å²) in [5.41, 5.74) is 0.873. The van der Waals surface area contributed by atoms with E-state index in [1.165, 1.54) is 19.3 Å². The molecule has 0 saturated carbocycles. The Bertz CT molecular complexity index is 830. The molecule has 0 bridgehead atoms. The van der Waals surface area contributed by atoms with Gasteiger partial charge in [0.2, 0.25) is 5.91 Å². The summed E-state index contributed by atoms with van der Waals surface area (Å²) < 4.78 is 5.71. The Balaban J connectivity index is 1.53. The first kappa shape index (κ1) is 22.8. The maximum atomic E-state index is 12.2. The molecule has 0 aromatic carbocycles. The quantitative estimate of drug-likeness (QED) is 0.421. The summed E-state index contributed by atoms with van der Waals surface area (Å²) in [6, 6.07) is 9.65. The molecule has 3 heterocycles. The van der Waals surface area contributed by atoms with Gasteiger partial charge in [-0.2, -0.15) is 0 Å². The highest BCUT2D eigenvalue weighted by Gasteiger charge is 2.24. The standard InChI is InChI=1S/C23H34N6O2/c1-3-24-23(25-13-12-22(30)28-21-11-7-9-18(2)27-21)26-17-19(20-10-8-16-31-20)29-14-5-4-6-15-29/h7-11,16,19H,3-6,12-15,17H2,1-2H3,(H2,24,25,26)(H,27,28,30). The van der Waals surface area contributed by atoms with Crippen LogP contribution in [0.2, 0.25) is 0 Å². The zero-order valence-corrected chi connectivity index (χ0v) is 18.6. The van der Waals surface area contributed by atoms with Crippen molar-refractivity contribution in [2.45, 2.75) is 45.6 Å². The van der Waals surface area contributed by atoms with Crippen molar-refractivity contribution >= 4 is 17.7 Å². The maximum absolute atomic E-state index is 12.2. The normalized spacial score (nSPS) is 16.0. The van der Waals surface area contributed by atoms with Crippen LogP contribution in [0.25, 0.3) is 0 Å². The number of hydrogen-bond donors (Lipinski definition) is 3. The number of anilines is 1. The number of rotatable bonds is 9. The number of aryl methyl sites for hydroxylation is 1. The SMILES string of the molecule is CCNC(=NCC(c1ccco1)N1CCCCC1)NCCC(=O)Nc1cccc(C)n1. The summed E-state index contributed by atoms with van der Waals surface area (Å²) in [6.45, 7) is 7.90. The van der Waals surface area contributed by atoms with Gasteiger partial charge < -0.3 is 20.4 Å². The average Bonchev–Trinajstić information content (AvgIpc) is 3.29. The number of nitrogens with zero attached hydrogens (tertiary/aromatic N) is 3. The van der Waals surface area contributed by atoms with Crippen LogP contribution in [0.4, 0.5) is 5.82 Å². The van der Waals surface area contributed by atoms with E-state index in [1.54, 1.807) is 12.3 Å². The maximum Gasteiger partial charge on any atom is 0.227 e. The second-order valence-electron chi connectivity index (χ2n) is 7.74. The van der Waals surface area contributed by atoms with Crippen molar-refractivity contribution < 1.29 is 9.21 Å². The summed E-state index contributed by atoms with van der Waals surface area (Å²) in [7, 11) is 0. The van der Waals surface area contributed by atoms with E-state index in [0.29, 0.717) is 31.3 Å². The molecule has 3 N–H and O–H groups in total. The molecule has 0 radical (unpaired) electrons. The van der Waals surface area contributed by atoms with E-state index in [0.717, 1.165) is 31.1 Å². The molecule has 31 heavy (non-hydrogen) atoms. The van der Waals surface area contributed by atoms with Crippen molar-refractivity contribution in [1.82, 2.24) is 20.5 Å². The fraction of sp³-hybridized carbons (Fsp3) is 0.522. The highest BCUT2D eigenvalue weighted by molar-refractivity contribution is 5.90. The topological polar surface area (TPSA) is 94.8 Å². The van der Waals surface area contributed by atoms with Crippen LogP contribution in [0.5, 0.6) is 0 Å². The van der Waals surface area contributed by atoms with E-state index in [4.69, 9.17) is 9.41 Å². The van der Waals surface area contributed by atoms with Crippen LogP contribution >= 0.6 is 0 Å².